The molecule has 0 saturated heterocycles. The number of para-hydroxylation sites is 1. The molecule has 0 N–H and O–H groups in total. The fraction of sp³-hybridized carbons (Fsp3) is 0.345. The number of benzene rings is 3. The van der Waals surface area contributed by atoms with Crippen molar-refractivity contribution >= 4 is 5.97 Å². The van der Waals surface area contributed by atoms with Gasteiger partial charge in [-0.15, -0.1) is 0 Å². The molecule has 3 nitrogen and oxygen atoms in total. The highest BCUT2D eigenvalue weighted by Crippen LogP contribution is 2.46. The van der Waals surface area contributed by atoms with Gasteiger partial charge in [0.05, 0.1) is 12.7 Å². The van der Waals surface area contributed by atoms with Crippen LogP contribution in [0, 0.1) is 0 Å². The summed E-state index contributed by atoms with van der Waals surface area (Å²) < 4.78 is 11.1. The first-order valence-electron chi connectivity index (χ1n) is 11.3. The van der Waals surface area contributed by atoms with Crippen LogP contribution in [0.5, 0.6) is 5.75 Å². The Bertz CT molecular complexity index is 1120. The molecule has 4 rings (SSSR count). The molecular weight excluding hydrogens is 396 g/mol. The van der Waals surface area contributed by atoms with E-state index in [0.717, 1.165) is 16.9 Å². The van der Waals surface area contributed by atoms with Crippen LogP contribution in [0.25, 0.3) is 11.1 Å². The van der Waals surface area contributed by atoms with Gasteiger partial charge in [0, 0.05) is 5.56 Å². The summed E-state index contributed by atoms with van der Waals surface area (Å²) in [5.74, 6) is 0.496. The zero-order valence-electron chi connectivity index (χ0n) is 19.7. The Labute approximate surface area is 191 Å². The first-order valence-corrected chi connectivity index (χ1v) is 11.3. The van der Waals surface area contributed by atoms with E-state index in [9.17, 15) is 4.79 Å². The van der Waals surface area contributed by atoms with E-state index in [-0.39, 0.29) is 16.8 Å². The van der Waals surface area contributed by atoms with Crippen molar-refractivity contribution in [3.8, 4) is 16.9 Å². The Hall–Kier alpha value is -3.07. The maximum atomic E-state index is 11.7. The molecule has 1 aliphatic rings. The molecule has 0 radical (unpaired) electrons. The van der Waals surface area contributed by atoms with E-state index in [1.807, 2.05) is 36.4 Å². The molecule has 3 heteroatoms. The van der Waals surface area contributed by atoms with Crippen LogP contribution < -0.4 is 4.74 Å². The third-order valence-corrected chi connectivity index (χ3v) is 6.82. The van der Waals surface area contributed by atoms with Crippen LogP contribution in [0.1, 0.15) is 67.6 Å². The van der Waals surface area contributed by atoms with Gasteiger partial charge in [-0.2, -0.15) is 0 Å². The summed E-state index contributed by atoms with van der Waals surface area (Å²) >= 11 is 0. The highest BCUT2D eigenvalue weighted by Gasteiger charge is 2.36. The lowest BCUT2D eigenvalue weighted by Gasteiger charge is -2.42. The van der Waals surface area contributed by atoms with Crippen molar-refractivity contribution in [3.63, 3.8) is 0 Å². The highest BCUT2D eigenvalue weighted by molar-refractivity contribution is 5.90. The minimum atomic E-state index is -0.334. The van der Waals surface area contributed by atoms with E-state index in [1.165, 1.54) is 36.6 Å². The molecule has 166 valence electrons. The Morgan fingerprint density at radius 2 is 1.50 bits per heavy atom. The number of fused-ring (bicyclic) bond motifs is 1. The predicted molar refractivity (Wildman–Crippen MR) is 129 cm³/mol. The zero-order valence-corrected chi connectivity index (χ0v) is 19.7. The van der Waals surface area contributed by atoms with Gasteiger partial charge in [-0.05, 0) is 64.1 Å². The van der Waals surface area contributed by atoms with E-state index in [0.29, 0.717) is 12.2 Å². The fourth-order valence-electron chi connectivity index (χ4n) is 4.62. The molecule has 3 aromatic carbocycles. The Morgan fingerprint density at radius 3 is 2.19 bits per heavy atom. The smallest absolute Gasteiger partial charge is 0.337 e. The average Bonchev–Trinajstić information content (AvgIpc) is 2.80. The molecule has 0 aliphatic heterocycles. The van der Waals surface area contributed by atoms with Gasteiger partial charge in [0.1, 0.15) is 12.4 Å². The van der Waals surface area contributed by atoms with Gasteiger partial charge in [0.15, 0.2) is 0 Å². The number of hydrogen-bond donors (Lipinski definition) is 0. The minimum absolute atomic E-state index is 0.181. The summed E-state index contributed by atoms with van der Waals surface area (Å²) in [5, 5.41) is 0. The minimum Gasteiger partial charge on any atom is -0.488 e. The van der Waals surface area contributed by atoms with Crippen molar-refractivity contribution in [1.29, 1.82) is 0 Å². The van der Waals surface area contributed by atoms with E-state index < -0.39 is 0 Å². The average molecular weight is 429 g/mol. The molecule has 0 saturated carbocycles. The lowest BCUT2D eigenvalue weighted by atomic mass is 9.63. The van der Waals surface area contributed by atoms with Crippen molar-refractivity contribution in [1.82, 2.24) is 0 Å². The van der Waals surface area contributed by atoms with Crippen LogP contribution >= 0.6 is 0 Å². The lowest BCUT2D eigenvalue weighted by Crippen LogP contribution is -2.33. The van der Waals surface area contributed by atoms with E-state index >= 15 is 0 Å². The van der Waals surface area contributed by atoms with Crippen LogP contribution in [0.2, 0.25) is 0 Å². The van der Waals surface area contributed by atoms with Gasteiger partial charge in [0.2, 0.25) is 0 Å². The maximum Gasteiger partial charge on any atom is 0.337 e. The zero-order chi connectivity index (χ0) is 22.9. The largest absolute Gasteiger partial charge is 0.488 e. The van der Waals surface area contributed by atoms with Gasteiger partial charge in [-0.25, -0.2) is 4.79 Å². The van der Waals surface area contributed by atoms with Crippen molar-refractivity contribution in [2.75, 3.05) is 7.11 Å². The number of carbonyl (C=O) groups excluding carboxylic acids is 1. The SMILES string of the molecule is COC(=O)c1ccc(-c2ccccc2OCc2ccc3c(c2)C(C)(C)CCC3(C)C)cc1. The second-order valence-corrected chi connectivity index (χ2v) is 10.0. The van der Waals surface area contributed by atoms with E-state index in [4.69, 9.17) is 9.47 Å². The molecule has 0 heterocycles. The van der Waals surface area contributed by atoms with Crippen molar-refractivity contribution in [3.05, 3.63) is 89.0 Å². The molecule has 0 atom stereocenters. The topological polar surface area (TPSA) is 35.5 Å². The van der Waals surface area contributed by atoms with Gasteiger partial charge in [-0.1, -0.05) is 76.2 Å². The van der Waals surface area contributed by atoms with E-state index in [2.05, 4.69) is 45.9 Å². The Balaban J connectivity index is 1.58. The summed E-state index contributed by atoms with van der Waals surface area (Å²) in [6, 6.07) is 22.3. The van der Waals surface area contributed by atoms with Crippen LogP contribution in [0.15, 0.2) is 66.7 Å². The van der Waals surface area contributed by atoms with Gasteiger partial charge in [0.25, 0.3) is 0 Å². The molecule has 0 amide bonds. The van der Waals surface area contributed by atoms with Crippen LogP contribution in [0.3, 0.4) is 0 Å². The standard InChI is InChI=1S/C29H32O3/c1-28(2)16-17-29(3,4)25-18-20(10-15-24(25)28)19-32-26-9-7-6-8-23(26)21-11-13-22(14-12-21)27(30)31-5/h6-15,18H,16-17,19H2,1-5H3. The molecule has 0 unspecified atom stereocenters. The highest BCUT2D eigenvalue weighted by atomic mass is 16.5. The number of ether oxygens (including phenoxy) is 2. The number of carbonyl (C=O) groups is 1. The molecule has 0 bridgehead atoms. The van der Waals surface area contributed by atoms with Crippen molar-refractivity contribution in [2.24, 2.45) is 0 Å². The van der Waals surface area contributed by atoms with E-state index in [1.54, 1.807) is 12.1 Å². The summed E-state index contributed by atoms with van der Waals surface area (Å²) in [4.78, 5) is 11.7. The lowest BCUT2D eigenvalue weighted by molar-refractivity contribution is 0.0600. The monoisotopic (exact) mass is 428 g/mol. The van der Waals surface area contributed by atoms with Crippen molar-refractivity contribution < 1.29 is 14.3 Å². The maximum absolute atomic E-state index is 11.7. The van der Waals surface area contributed by atoms with Crippen LogP contribution in [0.4, 0.5) is 0 Å². The normalized spacial score (nSPS) is 16.2. The Morgan fingerprint density at radius 1 is 0.844 bits per heavy atom. The predicted octanol–water partition coefficient (Wildman–Crippen LogP) is 7.07. The van der Waals surface area contributed by atoms with Gasteiger partial charge < -0.3 is 9.47 Å². The number of rotatable bonds is 5. The quantitative estimate of drug-likeness (QED) is 0.408. The second kappa shape index (κ2) is 8.46. The fourth-order valence-corrected chi connectivity index (χ4v) is 4.62. The third-order valence-electron chi connectivity index (χ3n) is 6.82. The van der Waals surface area contributed by atoms with Crippen LogP contribution in [-0.2, 0) is 22.2 Å². The molecule has 1 aliphatic carbocycles. The number of methoxy groups -OCH3 is 1. The van der Waals surface area contributed by atoms with Gasteiger partial charge in [-0.3, -0.25) is 0 Å². The number of esters is 1. The molecule has 0 aromatic heterocycles. The molecule has 0 fully saturated rings. The van der Waals surface area contributed by atoms with Gasteiger partial charge >= 0.3 is 5.97 Å². The summed E-state index contributed by atoms with van der Waals surface area (Å²) in [5.41, 5.74) is 7.03. The molecule has 0 spiro atoms. The first-order chi connectivity index (χ1) is 15.2. The number of hydrogen-bond acceptors (Lipinski definition) is 3. The summed E-state index contributed by atoms with van der Waals surface area (Å²) in [6.45, 7) is 9.90. The molecule has 32 heavy (non-hydrogen) atoms. The third kappa shape index (κ3) is 4.29. The summed E-state index contributed by atoms with van der Waals surface area (Å²) in [6.07, 6.45) is 2.41. The molecular formula is C29H32O3. The second-order valence-electron chi connectivity index (χ2n) is 10.0. The van der Waals surface area contributed by atoms with Crippen molar-refractivity contribution in [2.45, 2.75) is 58.0 Å². The summed E-state index contributed by atoms with van der Waals surface area (Å²) in [7, 11) is 1.39. The Kier molecular flexibility index (Phi) is 5.85. The molecule has 3 aromatic rings. The first kappa shape index (κ1) is 22.1. The van der Waals surface area contributed by atoms with Crippen LogP contribution in [-0.4, -0.2) is 13.1 Å².